The Morgan fingerprint density at radius 3 is 2.48 bits per heavy atom. The van der Waals surface area contributed by atoms with E-state index < -0.39 is 43.8 Å². The number of rotatable bonds is 4. The van der Waals surface area contributed by atoms with Gasteiger partial charge in [-0.15, -0.1) is 0 Å². The van der Waals surface area contributed by atoms with Crippen molar-refractivity contribution in [3.05, 3.63) is 23.8 Å². The Bertz CT molecular complexity index is 693. The van der Waals surface area contributed by atoms with Gasteiger partial charge in [0.2, 0.25) is 5.91 Å². The van der Waals surface area contributed by atoms with Crippen LogP contribution in [-0.4, -0.2) is 26.6 Å². The van der Waals surface area contributed by atoms with E-state index >= 15 is 0 Å². The SMILES string of the molecule is N#CCNC(=O)CS(=O)(=O)c1ccc(C(F)(F)F)cc1N. The van der Waals surface area contributed by atoms with Gasteiger partial charge in [0.05, 0.1) is 22.2 Å². The minimum atomic E-state index is -4.65. The lowest BCUT2D eigenvalue weighted by Gasteiger charge is -2.11. The van der Waals surface area contributed by atoms with Gasteiger partial charge in [-0.1, -0.05) is 0 Å². The smallest absolute Gasteiger partial charge is 0.398 e. The van der Waals surface area contributed by atoms with Crippen molar-refractivity contribution >= 4 is 21.4 Å². The number of carbonyl (C=O) groups is 1. The predicted molar refractivity (Wildman–Crippen MR) is 66.5 cm³/mol. The summed E-state index contributed by atoms with van der Waals surface area (Å²) in [5.41, 5.74) is 3.63. The molecule has 10 heteroatoms. The normalized spacial score (nSPS) is 11.7. The van der Waals surface area contributed by atoms with Crippen molar-refractivity contribution in [3.8, 4) is 6.07 Å². The molecule has 0 aromatic heterocycles. The molecule has 0 radical (unpaired) electrons. The molecule has 0 saturated carbocycles. The zero-order valence-corrected chi connectivity index (χ0v) is 11.3. The van der Waals surface area contributed by atoms with Gasteiger partial charge < -0.3 is 11.1 Å². The van der Waals surface area contributed by atoms with Crippen LogP contribution in [0.1, 0.15) is 5.56 Å². The van der Waals surface area contributed by atoms with Crippen LogP contribution in [0, 0.1) is 11.3 Å². The molecule has 6 nitrogen and oxygen atoms in total. The molecule has 1 rings (SSSR count). The second-order valence-corrected chi connectivity index (χ2v) is 5.90. The third-order valence-electron chi connectivity index (χ3n) is 2.36. The number of nitrogens with two attached hydrogens (primary N) is 1. The minimum Gasteiger partial charge on any atom is -0.398 e. The summed E-state index contributed by atoms with van der Waals surface area (Å²) < 4.78 is 61.1. The second-order valence-electron chi connectivity index (χ2n) is 3.94. The molecular weight excluding hydrogens is 311 g/mol. The van der Waals surface area contributed by atoms with Crippen molar-refractivity contribution in [1.29, 1.82) is 5.26 Å². The molecule has 1 aromatic carbocycles. The van der Waals surface area contributed by atoms with Crippen molar-refractivity contribution in [2.75, 3.05) is 18.0 Å². The number of nitrogen functional groups attached to an aromatic ring is 1. The molecule has 114 valence electrons. The van der Waals surface area contributed by atoms with E-state index in [0.717, 1.165) is 0 Å². The summed E-state index contributed by atoms with van der Waals surface area (Å²) in [6.45, 7) is -0.378. The molecule has 3 N–H and O–H groups in total. The molecule has 0 fully saturated rings. The van der Waals surface area contributed by atoms with Gasteiger partial charge in [0.15, 0.2) is 9.84 Å². The molecule has 0 aliphatic carbocycles. The van der Waals surface area contributed by atoms with Crippen molar-refractivity contribution in [2.24, 2.45) is 0 Å². The molecule has 0 unspecified atom stereocenters. The summed E-state index contributed by atoms with van der Waals surface area (Å²) in [7, 11) is -4.20. The van der Waals surface area contributed by atoms with Crippen LogP contribution in [0.2, 0.25) is 0 Å². The average molecular weight is 321 g/mol. The first kappa shape index (κ1) is 16.8. The van der Waals surface area contributed by atoms with E-state index in [4.69, 9.17) is 11.0 Å². The second kappa shape index (κ2) is 6.01. The number of benzene rings is 1. The topological polar surface area (TPSA) is 113 Å². The number of anilines is 1. The van der Waals surface area contributed by atoms with Crippen molar-refractivity contribution < 1.29 is 26.4 Å². The Balaban J connectivity index is 3.05. The van der Waals surface area contributed by atoms with Crippen molar-refractivity contribution in [3.63, 3.8) is 0 Å². The number of halogens is 3. The quantitative estimate of drug-likeness (QED) is 0.626. The number of carbonyl (C=O) groups excluding carboxylic acids is 1. The van der Waals surface area contributed by atoms with Gasteiger partial charge in [0, 0.05) is 0 Å². The maximum Gasteiger partial charge on any atom is 0.416 e. The highest BCUT2D eigenvalue weighted by molar-refractivity contribution is 7.92. The van der Waals surface area contributed by atoms with E-state index in [1.165, 1.54) is 0 Å². The number of sulfone groups is 1. The van der Waals surface area contributed by atoms with Gasteiger partial charge in [-0.05, 0) is 18.2 Å². The standard InChI is InChI=1S/C11H10F3N3O3S/c12-11(13,14)7-1-2-9(8(16)5-7)21(19,20)6-10(18)17-4-3-15/h1-2,5H,4,6,16H2,(H,17,18). The zero-order chi connectivity index (χ0) is 16.3. The lowest BCUT2D eigenvalue weighted by atomic mass is 10.2. The number of nitrogens with zero attached hydrogens (tertiary/aromatic N) is 1. The van der Waals surface area contributed by atoms with Crippen LogP contribution in [0.5, 0.6) is 0 Å². The number of hydrogen-bond donors (Lipinski definition) is 2. The first-order valence-corrected chi connectivity index (χ1v) is 7.06. The van der Waals surface area contributed by atoms with Crippen molar-refractivity contribution in [2.45, 2.75) is 11.1 Å². The molecule has 0 spiro atoms. The molecule has 0 heterocycles. The van der Waals surface area contributed by atoms with E-state index in [9.17, 15) is 26.4 Å². The highest BCUT2D eigenvalue weighted by Crippen LogP contribution is 2.32. The molecule has 0 bridgehead atoms. The summed E-state index contributed by atoms with van der Waals surface area (Å²) in [5, 5.41) is 10.3. The zero-order valence-electron chi connectivity index (χ0n) is 10.4. The summed E-state index contributed by atoms with van der Waals surface area (Å²) >= 11 is 0. The first-order valence-electron chi connectivity index (χ1n) is 5.41. The fraction of sp³-hybridized carbons (Fsp3) is 0.273. The Labute approximate surface area is 118 Å². The number of alkyl halides is 3. The lowest BCUT2D eigenvalue weighted by Crippen LogP contribution is -2.30. The van der Waals surface area contributed by atoms with E-state index in [0.29, 0.717) is 18.2 Å². The molecule has 1 amide bonds. The van der Waals surface area contributed by atoms with Gasteiger partial charge in [0.1, 0.15) is 12.3 Å². The van der Waals surface area contributed by atoms with Crippen LogP contribution in [0.15, 0.2) is 23.1 Å². The van der Waals surface area contributed by atoms with Crippen LogP contribution in [0.4, 0.5) is 18.9 Å². The summed E-state index contributed by atoms with van der Waals surface area (Å²) in [4.78, 5) is 10.7. The van der Waals surface area contributed by atoms with Crippen LogP contribution < -0.4 is 11.1 Å². The van der Waals surface area contributed by atoms with E-state index in [-0.39, 0.29) is 6.54 Å². The number of amides is 1. The van der Waals surface area contributed by atoms with E-state index in [1.54, 1.807) is 6.07 Å². The Morgan fingerprint density at radius 1 is 1.38 bits per heavy atom. The largest absolute Gasteiger partial charge is 0.416 e. The van der Waals surface area contributed by atoms with Crippen LogP contribution in [0.3, 0.4) is 0 Å². The van der Waals surface area contributed by atoms with Crippen LogP contribution in [0.25, 0.3) is 0 Å². The van der Waals surface area contributed by atoms with E-state index in [1.807, 2.05) is 5.32 Å². The van der Waals surface area contributed by atoms with Crippen molar-refractivity contribution in [1.82, 2.24) is 5.32 Å². The molecular formula is C11H10F3N3O3S. The monoisotopic (exact) mass is 321 g/mol. The minimum absolute atomic E-state index is 0.378. The van der Waals surface area contributed by atoms with Crippen LogP contribution >= 0.6 is 0 Å². The molecule has 0 saturated heterocycles. The fourth-order valence-corrected chi connectivity index (χ4v) is 2.74. The maximum absolute atomic E-state index is 12.4. The highest BCUT2D eigenvalue weighted by atomic mass is 32.2. The molecule has 0 atom stereocenters. The van der Waals surface area contributed by atoms with Gasteiger partial charge in [-0.3, -0.25) is 4.79 Å². The Kier molecular flexibility index (Phi) is 4.80. The number of nitrogens with one attached hydrogen (secondary N) is 1. The summed E-state index contributed by atoms with van der Waals surface area (Å²) in [6.07, 6.45) is -4.65. The predicted octanol–water partition coefficient (Wildman–Crippen LogP) is 0.701. The molecule has 0 aliphatic rings. The Morgan fingerprint density at radius 2 is 2.00 bits per heavy atom. The number of hydrogen-bond acceptors (Lipinski definition) is 5. The third kappa shape index (κ3) is 4.35. The molecule has 21 heavy (non-hydrogen) atoms. The molecule has 0 aliphatic heterocycles. The maximum atomic E-state index is 12.4. The van der Waals surface area contributed by atoms with Gasteiger partial charge in [0.25, 0.3) is 0 Å². The summed E-state index contributed by atoms with van der Waals surface area (Å²) in [6, 6.07) is 3.33. The van der Waals surface area contributed by atoms with Gasteiger partial charge in [-0.25, -0.2) is 8.42 Å². The Hall–Kier alpha value is -2.28. The van der Waals surface area contributed by atoms with E-state index in [2.05, 4.69) is 0 Å². The molecule has 1 aromatic rings. The highest BCUT2D eigenvalue weighted by Gasteiger charge is 2.32. The summed E-state index contributed by atoms with van der Waals surface area (Å²) in [5.74, 6) is -1.96. The van der Waals surface area contributed by atoms with Crippen LogP contribution in [-0.2, 0) is 20.8 Å². The first-order chi connectivity index (χ1) is 9.58. The fourth-order valence-electron chi connectivity index (χ4n) is 1.45. The van der Waals surface area contributed by atoms with Gasteiger partial charge >= 0.3 is 6.18 Å². The lowest BCUT2D eigenvalue weighted by molar-refractivity contribution is -0.137. The van der Waals surface area contributed by atoms with Gasteiger partial charge in [-0.2, -0.15) is 18.4 Å². The average Bonchev–Trinajstić information content (AvgIpc) is 2.34. The third-order valence-corrected chi connectivity index (χ3v) is 4.04. The number of nitriles is 1.